The van der Waals surface area contributed by atoms with Crippen molar-refractivity contribution >= 4 is 17.3 Å². The summed E-state index contributed by atoms with van der Waals surface area (Å²) in [4.78, 5) is 2.50. The zero-order valence-electron chi connectivity index (χ0n) is 9.91. The van der Waals surface area contributed by atoms with Crippen LogP contribution in [0.5, 0.6) is 0 Å². The summed E-state index contributed by atoms with van der Waals surface area (Å²) >= 11 is 5.96. The molecule has 16 heavy (non-hydrogen) atoms. The Hall–Kier alpha value is -0.730. The number of likely N-dealkylation sites (tertiary alicyclic amines) is 1. The summed E-state index contributed by atoms with van der Waals surface area (Å²) in [5, 5.41) is 4.34. The molecule has 1 atom stereocenters. The smallest absolute Gasteiger partial charge is 0.0426 e. The monoisotopic (exact) mass is 238 g/mol. The van der Waals surface area contributed by atoms with Gasteiger partial charge in [0.25, 0.3) is 0 Å². The summed E-state index contributed by atoms with van der Waals surface area (Å²) in [7, 11) is 0. The third kappa shape index (κ3) is 2.89. The normalized spacial score (nSPS) is 21.6. The van der Waals surface area contributed by atoms with E-state index in [1.165, 1.54) is 13.0 Å². The van der Waals surface area contributed by atoms with Crippen molar-refractivity contribution in [3.05, 3.63) is 29.3 Å². The second kappa shape index (κ2) is 5.07. The molecule has 0 radical (unpaired) electrons. The second-order valence-corrected chi connectivity index (χ2v) is 5.17. The van der Waals surface area contributed by atoms with E-state index in [1.807, 2.05) is 18.2 Å². The van der Waals surface area contributed by atoms with E-state index in [4.69, 9.17) is 11.6 Å². The van der Waals surface area contributed by atoms with E-state index in [2.05, 4.69) is 30.1 Å². The lowest BCUT2D eigenvalue weighted by atomic mass is 10.2. The summed E-state index contributed by atoms with van der Waals surface area (Å²) in [5.41, 5.74) is 1.13. The van der Waals surface area contributed by atoms with E-state index in [0.29, 0.717) is 12.1 Å². The van der Waals surface area contributed by atoms with E-state index in [9.17, 15) is 0 Å². The largest absolute Gasteiger partial charge is 0.381 e. The molecule has 1 aromatic rings. The standard InChI is InChI=1S/C13H19ClN2/c1-10(2)16-7-6-13(9-16)15-12-5-3-4-11(14)8-12/h3-5,8,10,13,15H,6-7,9H2,1-2H3. The summed E-state index contributed by atoms with van der Waals surface area (Å²) in [6, 6.07) is 9.15. The van der Waals surface area contributed by atoms with Gasteiger partial charge in [-0.25, -0.2) is 0 Å². The van der Waals surface area contributed by atoms with Crippen molar-refractivity contribution in [1.82, 2.24) is 4.90 Å². The molecule has 0 spiro atoms. The first-order valence-electron chi connectivity index (χ1n) is 5.91. The Morgan fingerprint density at radius 3 is 2.88 bits per heavy atom. The molecule has 88 valence electrons. The van der Waals surface area contributed by atoms with Crippen molar-refractivity contribution in [2.75, 3.05) is 18.4 Å². The third-order valence-corrected chi connectivity index (χ3v) is 3.38. The lowest BCUT2D eigenvalue weighted by Crippen LogP contribution is -2.31. The van der Waals surface area contributed by atoms with E-state index >= 15 is 0 Å². The van der Waals surface area contributed by atoms with Crippen molar-refractivity contribution in [2.24, 2.45) is 0 Å². The summed E-state index contributed by atoms with van der Waals surface area (Å²) in [6.07, 6.45) is 1.21. The molecule has 1 aromatic carbocycles. The minimum Gasteiger partial charge on any atom is -0.381 e. The molecule has 2 nitrogen and oxygen atoms in total. The van der Waals surface area contributed by atoms with Gasteiger partial charge >= 0.3 is 0 Å². The van der Waals surface area contributed by atoms with Crippen molar-refractivity contribution < 1.29 is 0 Å². The van der Waals surface area contributed by atoms with Crippen LogP contribution in [0.15, 0.2) is 24.3 Å². The zero-order valence-corrected chi connectivity index (χ0v) is 10.7. The first-order valence-corrected chi connectivity index (χ1v) is 6.29. The predicted octanol–water partition coefficient (Wildman–Crippen LogP) is 3.23. The maximum atomic E-state index is 5.96. The maximum absolute atomic E-state index is 5.96. The van der Waals surface area contributed by atoms with Crippen molar-refractivity contribution in [1.29, 1.82) is 0 Å². The topological polar surface area (TPSA) is 15.3 Å². The minimum absolute atomic E-state index is 0.556. The average Bonchev–Trinajstić information content (AvgIpc) is 2.66. The van der Waals surface area contributed by atoms with E-state index in [0.717, 1.165) is 17.3 Å². The molecular formula is C13H19ClN2. The number of nitrogens with one attached hydrogen (secondary N) is 1. The molecular weight excluding hydrogens is 220 g/mol. The molecule has 0 aliphatic carbocycles. The average molecular weight is 239 g/mol. The first-order chi connectivity index (χ1) is 7.65. The molecule has 1 N–H and O–H groups in total. The number of anilines is 1. The second-order valence-electron chi connectivity index (χ2n) is 4.73. The Bertz CT molecular complexity index is 352. The van der Waals surface area contributed by atoms with Gasteiger partial charge < -0.3 is 5.32 Å². The molecule has 1 unspecified atom stereocenters. The minimum atomic E-state index is 0.556. The van der Waals surface area contributed by atoms with Crippen LogP contribution in [0, 0.1) is 0 Å². The lowest BCUT2D eigenvalue weighted by Gasteiger charge is -2.20. The van der Waals surface area contributed by atoms with E-state index in [1.54, 1.807) is 0 Å². The van der Waals surface area contributed by atoms with Gasteiger partial charge in [-0.05, 0) is 38.5 Å². The molecule has 1 heterocycles. The fourth-order valence-corrected chi connectivity index (χ4v) is 2.38. The molecule has 1 aliphatic rings. The molecule has 0 amide bonds. The highest BCUT2D eigenvalue weighted by atomic mass is 35.5. The van der Waals surface area contributed by atoms with Gasteiger partial charge in [-0.15, -0.1) is 0 Å². The summed E-state index contributed by atoms with van der Waals surface area (Å²) in [5.74, 6) is 0. The van der Waals surface area contributed by atoms with Gasteiger partial charge in [0.2, 0.25) is 0 Å². The Balaban J connectivity index is 1.92. The van der Waals surface area contributed by atoms with Crippen LogP contribution in [0.3, 0.4) is 0 Å². The molecule has 0 bridgehead atoms. The molecule has 1 fully saturated rings. The van der Waals surface area contributed by atoms with E-state index in [-0.39, 0.29) is 0 Å². The highest BCUT2D eigenvalue weighted by molar-refractivity contribution is 6.30. The van der Waals surface area contributed by atoms with Crippen LogP contribution in [0.1, 0.15) is 20.3 Å². The Kier molecular flexibility index (Phi) is 3.72. The van der Waals surface area contributed by atoms with Crippen LogP contribution >= 0.6 is 11.6 Å². The van der Waals surface area contributed by atoms with Crippen molar-refractivity contribution in [3.8, 4) is 0 Å². The SMILES string of the molecule is CC(C)N1CCC(Nc2cccc(Cl)c2)C1. The van der Waals surface area contributed by atoms with Gasteiger partial charge in [-0.3, -0.25) is 4.90 Å². The fraction of sp³-hybridized carbons (Fsp3) is 0.538. The summed E-state index contributed by atoms with van der Waals surface area (Å²) in [6.45, 7) is 6.82. The highest BCUT2D eigenvalue weighted by Crippen LogP contribution is 2.20. The van der Waals surface area contributed by atoms with Gasteiger partial charge in [0.15, 0.2) is 0 Å². The Labute approximate surface area is 103 Å². The van der Waals surface area contributed by atoms with Gasteiger partial charge in [0.05, 0.1) is 0 Å². The van der Waals surface area contributed by atoms with Crippen molar-refractivity contribution in [2.45, 2.75) is 32.4 Å². The number of nitrogens with zero attached hydrogens (tertiary/aromatic N) is 1. The van der Waals surface area contributed by atoms with Crippen LogP contribution < -0.4 is 5.32 Å². The van der Waals surface area contributed by atoms with E-state index < -0.39 is 0 Å². The quantitative estimate of drug-likeness (QED) is 0.870. The maximum Gasteiger partial charge on any atom is 0.0426 e. The fourth-order valence-electron chi connectivity index (χ4n) is 2.19. The highest BCUT2D eigenvalue weighted by Gasteiger charge is 2.23. The predicted molar refractivity (Wildman–Crippen MR) is 70.2 cm³/mol. The van der Waals surface area contributed by atoms with Crippen molar-refractivity contribution in [3.63, 3.8) is 0 Å². The van der Waals surface area contributed by atoms with Crippen LogP contribution in [-0.4, -0.2) is 30.1 Å². The third-order valence-electron chi connectivity index (χ3n) is 3.15. The number of benzene rings is 1. The Morgan fingerprint density at radius 2 is 2.25 bits per heavy atom. The molecule has 0 aromatic heterocycles. The van der Waals surface area contributed by atoms with Gasteiger partial charge in [-0.2, -0.15) is 0 Å². The molecule has 2 rings (SSSR count). The van der Waals surface area contributed by atoms with Gasteiger partial charge in [0.1, 0.15) is 0 Å². The Morgan fingerprint density at radius 1 is 1.44 bits per heavy atom. The number of halogens is 1. The van der Waals surface area contributed by atoms with Gasteiger partial charge in [-0.1, -0.05) is 17.7 Å². The molecule has 3 heteroatoms. The molecule has 1 aliphatic heterocycles. The van der Waals surface area contributed by atoms with Crippen LogP contribution in [-0.2, 0) is 0 Å². The zero-order chi connectivity index (χ0) is 11.5. The summed E-state index contributed by atoms with van der Waals surface area (Å²) < 4.78 is 0. The number of rotatable bonds is 3. The van der Waals surface area contributed by atoms with Gasteiger partial charge in [0, 0.05) is 35.9 Å². The molecule has 1 saturated heterocycles. The molecule has 0 saturated carbocycles. The number of hydrogen-bond donors (Lipinski definition) is 1. The van der Waals surface area contributed by atoms with Crippen LogP contribution in [0.4, 0.5) is 5.69 Å². The number of hydrogen-bond acceptors (Lipinski definition) is 2. The first kappa shape index (κ1) is 11.7. The van der Waals surface area contributed by atoms with Crippen LogP contribution in [0.2, 0.25) is 5.02 Å². The lowest BCUT2D eigenvalue weighted by molar-refractivity contribution is 0.274. The van der Waals surface area contributed by atoms with Crippen LogP contribution in [0.25, 0.3) is 0 Å².